The Morgan fingerprint density at radius 1 is 0.968 bits per heavy atom. The number of ketones is 1. The summed E-state index contributed by atoms with van der Waals surface area (Å²) in [5.41, 5.74) is 3.75. The van der Waals surface area contributed by atoms with Gasteiger partial charge in [0.05, 0.1) is 4.90 Å². The molecule has 1 amide bonds. The Bertz CT molecular complexity index is 1190. The number of Topliss-reactive ketones (excluding diaryl/α,β-unsaturated/α-hetero) is 1. The van der Waals surface area contributed by atoms with Crippen LogP contribution >= 0.6 is 0 Å². The van der Waals surface area contributed by atoms with Gasteiger partial charge in [-0.05, 0) is 48.6 Å². The van der Waals surface area contributed by atoms with E-state index in [0.717, 1.165) is 11.1 Å². The number of aryl methyl sites for hydroxylation is 1. The summed E-state index contributed by atoms with van der Waals surface area (Å²) >= 11 is 0. The Hall–Kier alpha value is -2.77. The van der Waals surface area contributed by atoms with Crippen molar-refractivity contribution in [1.82, 2.24) is 0 Å². The first-order chi connectivity index (χ1) is 14.5. The number of nitrogens with two attached hydrogens (primary N) is 1. The largest absolute Gasteiger partial charge is 0.294 e. The summed E-state index contributed by atoms with van der Waals surface area (Å²) in [6, 6.07) is 13.9. The van der Waals surface area contributed by atoms with Crippen LogP contribution < -0.4 is 10.0 Å². The highest BCUT2D eigenvalue weighted by molar-refractivity contribution is 7.89. The quantitative estimate of drug-likeness (QED) is 0.788. The number of nitrogens with zero attached hydrogens (tertiary/aromatic N) is 1. The molecular weight excluding hydrogens is 412 g/mol. The van der Waals surface area contributed by atoms with Crippen molar-refractivity contribution in [1.29, 1.82) is 0 Å². The van der Waals surface area contributed by atoms with Gasteiger partial charge in [-0.15, -0.1) is 0 Å². The van der Waals surface area contributed by atoms with Crippen LogP contribution in [-0.2, 0) is 19.6 Å². The Morgan fingerprint density at radius 3 is 2.16 bits per heavy atom. The summed E-state index contributed by atoms with van der Waals surface area (Å²) in [5.74, 6) is -0.319. The molecule has 1 unspecified atom stereocenters. The van der Waals surface area contributed by atoms with Crippen LogP contribution in [0.25, 0.3) is 0 Å². The maximum Gasteiger partial charge on any atom is 0.238 e. The molecule has 1 aliphatic heterocycles. The molecule has 0 bridgehead atoms. The lowest BCUT2D eigenvalue weighted by Gasteiger charge is -2.43. The van der Waals surface area contributed by atoms with Crippen LogP contribution in [0.5, 0.6) is 0 Å². The third-order valence-electron chi connectivity index (χ3n) is 6.05. The third kappa shape index (κ3) is 4.07. The van der Waals surface area contributed by atoms with Gasteiger partial charge < -0.3 is 0 Å². The van der Waals surface area contributed by atoms with E-state index < -0.39 is 10.0 Å². The van der Waals surface area contributed by atoms with E-state index in [0.29, 0.717) is 29.8 Å². The maximum atomic E-state index is 13.3. The topological polar surface area (TPSA) is 97.5 Å². The van der Waals surface area contributed by atoms with Crippen LogP contribution in [0.3, 0.4) is 0 Å². The number of hydrogen-bond acceptors (Lipinski definition) is 4. The van der Waals surface area contributed by atoms with Gasteiger partial charge >= 0.3 is 0 Å². The Balaban J connectivity index is 1.86. The molecule has 1 aliphatic carbocycles. The molecule has 2 aromatic carbocycles. The minimum absolute atomic E-state index is 0.0208. The number of allylic oxidation sites excluding steroid dienone is 2. The maximum absolute atomic E-state index is 13.3. The minimum atomic E-state index is -3.83. The average Bonchev–Trinajstić information content (AvgIpc) is 2.66. The van der Waals surface area contributed by atoms with E-state index >= 15 is 0 Å². The molecular formula is C24H26N2O4S. The summed E-state index contributed by atoms with van der Waals surface area (Å²) in [5, 5.41) is 5.20. The van der Waals surface area contributed by atoms with Crippen molar-refractivity contribution in [2.75, 3.05) is 4.90 Å². The highest BCUT2D eigenvalue weighted by atomic mass is 32.2. The summed E-state index contributed by atoms with van der Waals surface area (Å²) in [7, 11) is -3.83. The van der Waals surface area contributed by atoms with Gasteiger partial charge in [0.2, 0.25) is 15.9 Å². The Kier molecular flexibility index (Phi) is 5.14. The zero-order valence-electron chi connectivity index (χ0n) is 17.9. The van der Waals surface area contributed by atoms with Crippen LogP contribution in [0.15, 0.2) is 64.7 Å². The summed E-state index contributed by atoms with van der Waals surface area (Å²) in [4.78, 5) is 28.2. The van der Waals surface area contributed by atoms with Crippen molar-refractivity contribution in [2.24, 2.45) is 10.6 Å². The number of hydrogen-bond donors (Lipinski definition) is 1. The minimum Gasteiger partial charge on any atom is -0.294 e. The highest BCUT2D eigenvalue weighted by Gasteiger charge is 2.44. The van der Waals surface area contributed by atoms with E-state index in [1.54, 1.807) is 17.0 Å². The molecule has 162 valence electrons. The molecule has 2 N–H and O–H groups in total. The molecule has 0 aromatic heterocycles. The van der Waals surface area contributed by atoms with Crippen LogP contribution in [0.4, 0.5) is 5.69 Å². The van der Waals surface area contributed by atoms with Gasteiger partial charge in [-0.3, -0.25) is 14.5 Å². The van der Waals surface area contributed by atoms with Crippen molar-refractivity contribution >= 4 is 27.4 Å². The monoisotopic (exact) mass is 438 g/mol. The molecule has 0 radical (unpaired) electrons. The SMILES string of the molecule is Cc1ccc(C2CC(=O)N(c3ccc(S(N)(=O)=O)cc3)C3=C2C(=O)CC(C)(C)C3)cc1. The lowest BCUT2D eigenvalue weighted by atomic mass is 9.69. The first-order valence-corrected chi connectivity index (χ1v) is 11.8. The fourth-order valence-corrected chi connectivity index (χ4v) is 5.10. The number of anilines is 1. The second-order valence-electron chi connectivity index (χ2n) is 9.24. The number of carbonyl (C=O) groups is 2. The Labute approximate surface area is 182 Å². The predicted octanol–water partition coefficient (Wildman–Crippen LogP) is 3.81. The van der Waals surface area contributed by atoms with E-state index in [9.17, 15) is 18.0 Å². The summed E-state index contributed by atoms with van der Waals surface area (Å²) < 4.78 is 23.2. The molecule has 0 saturated heterocycles. The van der Waals surface area contributed by atoms with E-state index in [2.05, 4.69) is 0 Å². The molecule has 2 aliphatic rings. The van der Waals surface area contributed by atoms with Crippen LogP contribution in [0, 0.1) is 12.3 Å². The van der Waals surface area contributed by atoms with Crippen molar-refractivity contribution in [3.63, 3.8) is 0 Å². The molecule has 6 nitrogen and oxygen atoms in total. The van der Waals surface area contributed by atoms with Crippen LogP contribution in [0.2, 0.25) is 0 Å². The lowest BCUT2D eigenvalue weighted by molar-refractivity contribution is -0.121. The van der Waals surface area contributed by atoms with E-state index in [1.807, 2.05) is 45.0 Å². The number of amides is 1. The second-order valence-corrected chi connectivity index (χ2v) is 10.8. The normalized spacial score (nSPS) is 21.3. The number of rotatable bonds is 3. The molecule has 0 spiro atoms. The average molecular weight is 439 g/mol. The number of sulfonamides is 1. The number of benzene rings is 2. The smallest absolute Gasteiger partial charge is 0.238 e. The standard InChI is InChI=1S/C24H26N2O4S/c1-15-4-6-16(7-5-15)19-12-22(28)26(17-8-10-18(11-9-17)31(25,29)30)20-13-24(2,3)14-21(27)23(19)20/h4-11,19H,12-14H2,1-3H3,(H2,25,29,30). The second kappa shape index (κ2) is 7.43. The van der Waals surface area contributed by atoms with Crippen LogP contribution in [-0.4, -0.2) is 20.1 Å². The van der Waals surface area contributed by atoms with Gasteiger partial charge in [-0.1, -0.05) is 43.7 Å². The molecule has 4 rings (SSSR count). The van der Waals surface area contributed by atoms with Crippen LogP contribution in [0.1, 0.15) is 50.2 Å². The zero-order valence-corrected chi connectivity index (χ0v) is 18.7. The van der Waals surface area contributed by atoms with Gasteiger partial charge in [0.25, 0.3) is 0 Å². The molecule has 0 saturated carbocycles. The fraction of sp³-hybridized carbons (Fsp3) is 0.333. The van der Waals surface area contributed by atoms with E-state index in [1.165, 1.54) is 12.1 Å². The lowest BCUT2D eigenvalue weighted by Crippen LogP contribution is -2.43. The number of primary sulfonamides is 1. The molecule has 31 heavy (non-hydrogen) atoms. The van der Waals surface area contributed by atoms with Gasteiger partial charge in [-0.25, -0.2) is 13.6 Å². The first-order valence-electron chi connectivity index (χ1n) is 10.2. The number of carbonyl (C=O) groups excluding carboxylic acids is 2. The van der Waals surface area contributed by atoms with E-state index in [-0.39, 0.29) is 34.3 Å². The van der Waals surface area contributed by atoms with Gasteiger partial charge in [0.15, 0.2) is 5.78 Å². The summed E-state index contributed by atoms with van der Waals surface area (Å²) in [6.07, 6.45) is 1.20. The van der Waals surface area contributed by atoms with Gasteiger partial charge in [0.1, 0.15) is 0 Å². The zero-order chi connectivity index (χ0) is 22.6. The third-order valence-corrected chi connectivity index (χ3v) is 6.98. The molecule has 1 heterocycles. The van der Waals surface area contributed by atoms with Crippen molar-refractivity contribution in [3.05, 3.63) is 70.9 Å². The van der Waals surface area contributed by atoms with Gasteiger partial charge in [-0.2, -0.15) is 0 Å². The van der Waals surface area contributed by atoms with Crippen molar-refractivity contribution in [3.8, 4) is 0 Å². The highest BCUT2D eigenvalue weighted by Crippen LogP contribution is 2.48. The van der Waals surface area contributed by atoms with Crippen molar-refractivity contribution < 1.29 is 18.0 Å². The van der Waals surface area contributed by atoms with Crippen molar-refractivity contribution in [2.45, 2.75) is 50.8 Å². The molecule has 0 fully saturated rings. The summed E-state index contributed by atoms with van der Waals surface area (Å²) in [6.45, 7) is 6.05. The fourth-order valence-electron chi connectivity index (χ4n) is 4.58. The molecule has 1 atom stereocenters. The Morgan fingerprint density at radius 2 is 1.58 bits per heavy atom. The molecule has 2 aromatic rings. The predicted molar refractivity (Wildman–Crippen MR) is 119 cm³/mol. The van der Waals surface area contributed by atoms with E-state index in [4.69, 9.17) is 5.14 Å². The van der Waals surface area contributed by atoms with Gasteiger partial charge in [0, 0.05) is 35.7 Å². The molecule has 7 heteroatoms. The first kappa shape index (κ1) is 21.5.